The largest absolute Gasteiger partial charge is 0.326 e. The second kappa shape index (κ2) is 9.31. The molecule has 0 radical (unpaired) electrons. The lowest BCUT2D eigenvalue weighted by Crippen LogP contribution is -2.12. The highest BCUT2D eigenvalue weighted by Gasteiger charge is 2.13. The van der Waals surface area contributed by atoms with Gasteiger partial charge in [0.1, 0.15) is 4.70 Å². The molecule has 0 bridgehead atoms. The molecule has 35 heavy (non-hydrogen) atoms. The number of hydrogen-bond donors (Lipinski definition) is 1. The van der Waals surface area contributed by atoms with Gasteiger partial charge < -0.3 is 9.88 Å². The molecule has 0 unspecified atom stereocenters. The van der Waals surface area contributed by atoms with Crippen molar-refractivity contribution in [3.05, 3.63) is 117 Å². The van der Waals surface area contributed by atoms with Crippen molar-refractivity contribution in [1.82, 2.24) is 9.55 Å². The lowest BCUT2D eigenvalue weighted by atomic mass is 10.1. The molecule has 174 valence electrons. The van der Waals surface area contributed by atoms with Gasteiger partial charge in [0.25, 0.3) is 11.5 Å². The van der Waals surface area contributed by atoms with Crippen LogP contribution in [0.1, 0.15) is 32.6 Å². The second-order valence-electron chi connectivity index (χ2n) is 8.84. The zero-order valence-corrected chi connectivity index (χ0v) is 20.6. The summed E-state index contributed by atoms with van der Waals surface area (Å²) in [4.78, 5) is 30.3. The number of benzene rings is 3. The number of aryl methyl sites for hydroxylation is 3. The number of rotatable bonds is 5. The molecule has 1 amide bonds. The SMILES string of the molecule is Cc1ccc(Cn2cnc(=O)c3sc(-c4ccc(NC(=O)c5cccc(C)c5)c(C)c4)cc32)cc1. The van der Waals surface area contributed by atoms with Crippen molar-refractivity contribution in [3.8, 4) is 10.4 Å². The lowest BCUT2D eigenvalue weighted by Gasteiger charge is -2.10. The number of anilines is 1. The number of carbonyl (C=O) groups is 1. The van der Waals surface area contributed by atoms with Gasteiger partial charge in [-0.25, -0.2) is 0 Å². The minimum atomic E-state index is -0.213. The summed E-state index contributed by atoms with van der Waals surface area (Å²) in [6.07, 6.45) is 1.62. The average Bonchev–Trinajstić information content (AvgIpc) is 3.30. The Morgan fingerprint density at radius 1 is 0.943 bits per heavy atom. The van der Waals surface area contributed by atoms with E-state index in [0.29, 0.717) is 16.8 Å². The Kier molecular flexibility index (Phi) is 6.05. The average molecular weight is 480 g/mol. The minimum Gasteiger partial charge on any atom is -0.326 e. The van der Waals surface area contributed by atoms with Crippen LogP contribution in [0.3, 0.4) is 0 Å². The maximum atomic E-state index is 12.7. The molecule has 0 aliphatic heterocycles. The minimum absolute atomic E-state index is 0.134. The van der Waals surface area contributed by atoms with E-state index in [0.717, 1.165) is 38.3 Å². The standard InChI is InChI=1S/C29H25N3O2S/c1-18-7-9-21(10-8-18)16-32-17-30-29(34)27-25(32)15-26(35-27)22-11-12-24(20(3)14-22)31-28(33)23-6-4-5-19(2)13-23/h4-15,17H,16H2,1-3H3,(H,31,33). The molecular formula is C29H25N3O2S. The quantitative estimate of drug-likeness (QED) is 0.319. The third-order valence-corrected chi connectivity index (χ3v) is 7.20. The van der Waals surface area contributed by atoms with Crippen LogP contribution in [-0.2, 0) is 6.54 Å². The number of thiophene rings is 1. The van der Waals surface area contributed by atoms with Crippen LogP contribution in [0.4, 0.5) is 5.69 Å². The Balaban J connectivity index is 1.44. The Hall–Kier alpha value is -4.03. The molecular weight excluding hydrogens is 454 g/mol. The predicted molar refractivity (Wildman–Crippen MR) is 143 cm³/mol. The van der Waals surface area contributed by atoms with Crippen LogP contribution in [0.25, 0.3) is 20.7 Å². The molecule has 3 aromatic carbocycles. The molecule has 2 aromatic heterocycles. The first-order chi connectivity index (χ1) is 16.9. The van der Waals surface area contributed by atoms with E-state index in [1.54, 1.807) is 6.33 Å². The van der Waals surface area contributed by atoms with Crippen LogP contribution in [0.5, 0.6) is 0 Å². The van der Waals surface area contributed by atoms with Gasteiger partial charge in [-0.3, -0.25) is 9.59 Å². The summed E-state index contributed by atoms with van der Waals surface area (Å²) in [6, 6.07) is 23.9. The van der Waals surface area contributed by atoms with Crippen LogP contribution in [-0.4, -0.2) is 15.5 Å². The fourth-order valence-corrected chi connectivity index (χ4v) is 5.14. The van der Waals surface area contributed by atoms with Crippen molar-refractivity contribution < 1.29 is 4.79 Å². The molecule has 0 saturated carbocycles. The molecule has 2 heterocycles. The number of aromatic nitrogens is 2. The first kappa shape index (κ1) is 22.7. The van der Waals surface area contributed by atoms with E-state index >= 15 is 0 Å². The number of nitrogens with zero attached hydrogens (tertiary/aromatic N) is 2. The van der Waals surface area contributed by atoms with Crippen molar-refractivity contribution in [2.75, 3.05) is 5.32 Å². The first-order valence-electron chi connectivity index (χ1n) is 11.4. The summed E-state index contributed by atoms with van der Waals surface area (Å²) in [5.41, 5.74) is 7.42. The van der Waals surface area contributed by atoms with E-state index in [1.807, 2.05) is 60.9 Å². The van der Waals surface area contributed by atoms with Gasteiger partial charge in [0.2, 0.25) is 0 Å². The summed E-state index contributed by atoms with van der Waals surface area (Å²) < 4.78 is 2.66. The zero-order chi connectivity index (χ0) is 24.5. The van der Waals surface area contributed by atoms with Crippen molar-refractivity contribution in [3.63, 3.8) is 0 Å². The number of hydrogen-bond acceptors (Lipinski definition) is 4. The highest BCUT2D eigenvalue weighted by molar-refractivity contribution is 7.22. The monoisotopic (exact) mass is 479 g/mol. The Morgan fingerprint density at radius 2 is 1.74 bits per heavy atom. The number of nitrogens with one attached hydrogen (secondary N) is 1. The fraction of sp³-hybridized carbons (Fsp3) is 0.138. The molecule has 0 spiro atoms. The van der Waals surface area contributed by atoms with E-state index < -0.39 is 0 Å². The van der Waals surface area contributed by atoms with E-state index in [9.17, 15) is 9.59 Å². The number of carbonyl (C=O) groups excluding carboxylic acids is 1. The van der Waals surface area contributed by atoms with Gasteiger partial charge in [0.05, 0.1) is 11.8 Å². The van der Waals surface area contributed by atoms with Gasteiger partial charge in [-0.15, -0.1) is 11.3 Å². The van der Waals surface area contributed by atoms with E-state index in [2.05, 4.69) is 47.6 Å². The van der Waals surface area contributed by atoms with Crippen LogP contribution in [0, 0.1) is 20.8 Å². The zero-order valence-electron chi connectivity index (χ0n) is 19.8. The van der Waals surface area contributed by atoms with Gasteiger partial charge in [-0.1, -0.05) is 53.6 Å². The van der Waals surface area contributed by atoms with Gasteiger partial charge in [0.15, 0.2) is 0 Å². The van der Waals surface area contributed by atoms with Gasteiger partial charge in [-0.2, -0.15) is 4.98 Å². The maximum absolute atomic E-state index is 12.7. The van der Waals surface area contributed by atoms with E-state index in [-0.39, 0.29) is 11.5 Å². The van der Waals surface area contributed by atoms with Crippen LogP contribution in [0.2, 0.25) is 0 Å². The topological polar surface area (TPSA) is 64.0 Å². The second-order valence-corrected chi connectivity index (χ2v) is 9.89. The van der Waals surface area contributed by atoms with Crippen molar-refractivity contribution in [1.29, 1.82) is 0 Å². The normalized spacial score (nSPS) is 11.1. The Morgan fingerprint density at radius 3 is 2.49 bits per heavy atom. The lowest BCUT2D eigenvalue weighted by molar-refractivity contribution is 0.102. The molecule has 0 fully saturated rings. The third-order valence-electron chi connectivity index (χ3n) is 6.04. The van der Waals surface area contributed by atoms with Crippen molar-refractivity contribution >= 4 is 33.1 Å². The summed E-state index contributed by atoms with van der Waals surface area (Å²) in [6.45, 7) is 6.65. The van der Waals surface area contributed by atoms with Gasteiger partial charge in [-0.05, 0) is 67.8 Å². The predicted octanol–water partition coefficient (Wildman–Crippen LogP) is 6.35. The van der Waals surface area contributed by atoms with Crippen molar-refractivity contribution in [2.24, 2.45) is 0 Å². The molecule has 0 aliphatic rings. The summed E-state index contributed by atoms with van der Waals surface area (Å²) in [5.74, 6) is -0.134. The Labute approximate surface area is 207 Å². The molecule has 5 rings (SSSR count). The van der Waals surface area contributed by atoms with Crippen molar-refractivity contribution in [2.45, 2.75) is 27.3 Å². The molecule has 6 heteroatoms. The molecule has 0 atom stereocenters. The molecule has 5 aromatic rings. The third kappa shape index (κ3) is 4.79. The molecule has 5 nitrogen and oxygen atoms in total. The molecule has 1 N–H and O–H groups in total. The van der Waals surface area contributed by atoms with Crippen LogP contribution in [0.15, 0.2) is 83.9 Å². The summed E-state index contributed by atoms with van der Waals surface area (Å²) >= 11 is 1.45. The number of fused-ring (bicyclic) bond motifs is 1. The van der Waals surface area contributed by atoms with Crippen LogP contribution >= 0.6 is 11.3 Å². The maximum Gasteiger partial charge on any atom is 0.290 e. The highest BCUT2D eigenvalue weighted by Crippen LogP contribution is 2.33. The highest BCUT2D eigenvalue weighted by atomic mass is 32.1. The van der Waals surface area contributed by atoms with Gasteiger partial charge >= 0.3 is 0 Å². The Bertz CT molecular complexity index is 1610. The summed E-state index contributed by atoms with van der Waals surface area (Å²) in [5, 5.41) is 3.01. The van der Waals surface area contributed by atoms with E-state index in [4.69, 9.17) is 0 Å². The number of amides is 1. The van der Waals surface area contributed by atoms with E-state index in [1.165, 1.54) is 16.9 Å². The fourth-order valence-electron chi connectivity index (χ4n) is 4.09. The van der Waals surface area contributed by atoms with Gasteiger partial charge in [0, 0.05) is 22.7 Å². The molecule has 0 saturated heterocycles. The molecule has 0 aliphatic carbocycles. The summed E-state index contributed by atoms with van der Waals surface area (Å²) in [7, 11) is 0. The van der Waals surface area contributed by atoms with Crippen LogP contribution < -0.4 is 10.9 Å². The smallest absolute Gasteiger partial charge is 0.290 e. The first-order valence-corrected chi connectivity index (χ1v) is 12.2.